The van der Waals surface area contributed by atoms with Crippen molar-refractivity contribution >= 4 is 22.8 Å². The summed E-state index contributed by atoms with van der Waals surface area (Å²) >= 11 is 0. The summed E-state index contributed by atoms with van der Waals surface area (Å²) in [6.45, 7) is 0. The van der Waals surface area contributed by atoms with Crippen LogP contribution in [0.2, 0.25) is 0 Å². The van der Waals surface area contributed by atoms with Crippen LogP contribution in [0.4, 0.5) is 13.6 Å². The van der Waals surface area contributed by atoms with E-state index >= 15 is 0 Å². The molecule has 2 aromatic carbocycles. The maximum absolute atomic E-state index is 14.1. The molecule has 0 spiro atoms. The fourth-order valence-electron chi connectivity index (χ4n) is 2.83. The monoisotopic (exact) mass is 357 g/mol. The Bertz CT molecular complexity index is 1150. The summed E-state index contributed by atoms with van der Waals surface area (Å²) in [7, 11) is 0. The maximum Gasteiger partial charge on any atom is 0.511 e. The standard InChI is InChI=1S/C18H9F2NO5/c19-11-6-10-15-17(14(11)20)25-8-12(9-4-2-1-3-5-9)21(15)7-13(16(10)22)26-18(23)24/h1-8H,(H,23,24). The van der Waals surface area contributed by atoms with Crippen molar-refractivity contribution < 1.29 is 28.2 Å². The van der Waals surface area contributed by atoms with Crippen LogP contribution in [-0.2, 0) is 0 Å². The normalized spacial score (nSPS) is 12.5. The van der Waals surface area contributed by atoms with Crippen LogP contribution in [0.3, 0.4) is 0 Å². The van der Waals surface area contributed by atoms with Crippen LogP contribution < -0.4 is 14.9 Å². The molecule has 1 aromatic heterocycles. The summed E-state index contributed by atoms with van der Waals surface area (Å²) in [6.07, 6.45) is 0.602. The smallest absolute Gasteiger partial charge is 0.457 e. The van der Waals surface area contributed by atoms with E-state index in [2.05, 4.69) is 4.74 Å². The highest BCUT2D eigenvalue weighted by Crippen LogP contribution is 2.37. The summed E-state index contributed by atoms with van der Waals surface area (Å²) in [5.41, 5.74) is 0.128. The Morgan fingerprint density at radius 2 is 1.92 bits per heavy atom. The minimum atomic E-state index is -1.70. The van der Waals surface area contributed by atoms with Gasteiger partial charge in [-0.2, -0.15) is 4.39 Å². The van der Waals surface area contributed by atoms with E-state index in [-0.39, 0.29) is 10.9 Å². The summed E-state index contributed by atoms with van der Waals surface area (Å²) in [6, 6.07) is 9.47. The highest BCUT2D eigenvalue weighted by molar-refractivity contribution is 5.92. The Labute approximate surface area is 144 Å². The Hall–Kier alpha value is -3.68. The van der Waals surface area contributed by atoms with Gasteiger partial charge >= 0.3 is 6.16 Å². The molecule has 0 atom stereocenters. The number of hydrogen-bond acceptors (Lipinski definition) is 4. The molecule has 0 bridgehead atoms. The lowest BCUT2D eigenvalue weighted by Gasteiger charge is -2.22. The van der Waals surface area contributed by atoms with E-state index in [9.17, 15) is 18.4 Å². The third kappa shape index (κ3) is 2.31. The van der Waals surface area contributed by atoms with Crippen LogP contribution in [0.1, 0.15) is 5.56 Å². The molecule has 0 saturated heterocycles. The van der Waals surface area contributed by atoms with Gasteiger partial charge in [0.1, 0.15) is 11.8 Å². The first-order valence-electron chi connectivity index (χ1n) is 7.38. The first kappa shape index (κ1) is 15.8. The van der Waals surface area contributed by atoms with E-state index in [1.165, 1.54) is 10.8 Å². The zero-order valence-electron chi connectivity index (χ0n) is 12.9. The molecule has 0 radical (unpaired) electrons. The second kappa shape index (κ2) is 5.69. The molecule has 0 amide bonds. The van der Waals surface area contributed by atoms with Gasteiger partial charge in [0, 0.05) is 5.56 Å². The molecule has 4 rings (SSSR count). The van der Waals surface area contributed by atoms with Crippen molar-refractivity contribution in [2.75, 3.05) is 0 Å². The van der Waals surface area contributed by atoms with Gasteiger partial charge in [-0.05, 0) is 6.07 Å². The number of rotatable bonds is 2. The number of carbonyl (C=O) groups is 1. The lowest BCUT2D eigenvalue weighted by atomic mass is 10.1. The molecular formula is C18H9F2NO5. The van der Waals surface area contributed by atoms with Crippen LogP contribution >= 0.6 is 0 Å². The molecule has 2 heterocycles. The number of aromatic nitrogens is 1. The van der Waals surface area contributed by atoms with Gasteiger partial charge in [0.05, 0.1) is 17.3 Å². The Balaban J connectivity index is 2.10. The zero-order chi connectivity index (χ0) is 18.4. The summed E-state index contributed by atoms with van der Waals surface area (Å²) in [4.78, 5) is 23.3. The second-order valence-corrected chi connectivity index (χ2v) is 5.45. The molecule has 1 aliphatic rings. The minimum Gasteiger partial charge on any atom is -0.457 e. The van der Waals surface area contributed by atoms with Crippen LogP contribution in [0, 0.1) is 11.6 Å². The molecular weight excluding hydrogens is 348 g/mol. The number of hydrogen-bond donors (Lipinski definition) is 1. The molecule has 0 fully saturated rings. The number of halogens is 2. The fraction of sp³-hybridized carbons (Fsp3) is 0. The van der Waals surface area contributed by atoms with Crippen molar-refractivity contribution in [2.24, 2.45) is 0 Å². The van der Waals surface area contributed by atoms with E-state index in [1.807, 2.05) is 0 Å². The minimum absolute atomic E-state index is 0.0204. The molecule has 130 valence electrons. The predicted molar refractivity (Wildman–Crippen MR) is 87.2 cm³/mol. The van der Waals surface area contributed by atoms with Gasteiger partial charge in [0.2, 0.25) is 11.2 Å². The molecule has 26 heavy (non-hydrogen) atoms. The topological polar surface area (TPSA) is 77.8 Å². The quantitative estimate of drug-likeness (QED) is 0.710. The van der Waals surface area contributed by atoms with Gasteiger partial charge in [-0.25, -0.2) is 9.18 Å². The Morgan fingerprint density at radius 3 is 2.62 bits per heavy atom. The Kier molecular flexibility index (Phi) is 3.47. The van der Waals surface area contributed by atoms with E-state index in [0.717, 1.165) is 6.20 Å². The van der Waals surface area contributed by atoms with Crippen molar-refractivity contribution in [3.05, 3.63) is 76.3 Å². The van der Waals surface area contributed by atoms with E-state index < -0.39 is 34.7 Å². The van der Waals surface area contributed by atoms with Gasteiger partial charge in [0.15, 0.2) is 17.3 Å². The van der Waals surface area contributed by atoms with Crippen molar-refractivity contribution in [3.8, 4) is 11.5 Å². The summed E-state index contributed by atoms with van der Waals surface area (Å²) in [5.74, 6) is -3.54. The van der Waals surface area contributed by atoms with E-state index in [1.54, 1.807) is 30.3 Å². The zero-order valence-corrected chi connectivity index (χ0v) is 12.9. The van der Waals surface area contributed by atoms with Crippen LogP contribution in [0.5, 0.6) is 11.5 Å². The number of ether oxygens (including phenoxy) is 2. The van der Waals surface area contributed by atoms with E-state index in [4.69, 9.17) is 9.84 Å². The lowest BCUT2D eigenvalue weighted by molar-refractivity contribution is 0.144. The second-order valence-electron chi connectivity index (χ2n) is 5.45. The highest BCUT2D eigenvalue weighted by atomic mass is 19.2. The van der Waals surface area contributed by atoms with Crippen LogP contribution in [0.15, 0.2) is 53.7 Å². The van der Waals surface area contributed by atoms with Gasteiger partial charge in [-0.3, -0.25) is 4.79 Å². The highest BCUT2D eigenvalue weighted by Gasteiger charge is 2.26. The number of nitrogens with zero attached hydrogens (tertiary/aromatic N) is 1. The average molecular weight is 357 g/mol. The maximum atomic E-state index is 14.1. The Morgan fingerprint density at radius 1 is 1.19 bits per heavy atom. The number of carboxylic acid groups (broad SMARTS) is 1. The third-order valence-electron chi connectivity index (χ3n) is 3.92. The van der Waals surface area contributed by atoms with Crippen molar-refractivity contribution in [1.29, 1.82) is 0 Å². The van der Waals surface area contributed by atoms with Crippen LogP contribution in [-0.4, -0.2) is 15.8 Å². The molecule has 6 nitrogen and oxygen atoms in total. The van der Waals surface area contributed by atoms with Crippen molar-refractivity contribution in [3.63, 3.8) is 0 Å². The molecule has 0 aliphatic carbocycles. The molecule has 1 aliphatic heterocycles. The number of pyridine rings is 1. The summed E-state index contributed by atoms with van der Waals surface area (Å²) in [5, 5.41) is 8.57. The van der Waals surface area contributed by atoms with E-state index in [0.29, 0.717) is 17.3 Å². The third-order valence-corrected chi connectivity index (χ3v) is 3.92. The SMILES string of the molecule is O=C(O)Oc1cn2c3c(c(F)c(F)cc3c1=O)OC=C2c1ccccc1. The first-order valence-corrected chi connectivity index (χ1v) is 7.38. The van der Waals surface area contributed by atoms with Gasteiger partial charge in [-0.1, -0.05) is 30.3 Å². The first-order chi connectivity index (χ1) is 12.5. The van der Waals surface area contributed by atoms with Crippen LogP contribution in [0.25, 0.3) is 16.6 Å². The molecule has 1 N–H and O–H groups in total. The predicted octanol–water partition coefficient (Wildman–Crippen LogP) is 3.58. The largest absolute Gasteiger partial charge is 0.511 e. The van der Waals surface area contributed by atoms with Gasteiger partial charge < -0.3 is 19.1 Å². The van der Waals surface area contributed by atoms with Gasteiger partial charge in [0.25, 0.3) is 0 Å². The van der Waals surface area contributed by atoms with Crippen molar-refractivity contribution in [1.82, 2.24) is 4.57 Å². The number of benzene rings is 2. The summed E-state index contributed by atoms with van der Waals surface area (Å²) < 4.78 is 39.1. The molecule has 3 aromatic rings. The molecule has 8 heteroatoms. The molecule has 0 saturated carbocycles. The lowest BCUT2D eigenvalue weighted by Crippen LogP contribution is -2.19. The van der Waals surface area contributed by atoms with Crippen molar-refractivity contribution in [2.45, 2.75) is 0 Å². The van der Waals surface area contributed by atoms with Gasteiger partial charge in [-0.15, -0.1) is 0 Å². The average Bonchev–Trinajstić information content (AvgIpc) is 2.63. The molecule has 0 unspecified atom stereocenters. The fourth-order valence-corrected chi connectivity index (χ4v) is 2.83.